The lowest BCUT2D eigenvalue weighted by Crippen LogP contribution is -2.43. The minimum atomic E-state index is -0.460. The standard InChI is InChI=1S/C18H28N2O3/c1-4-20-10-6-8-16(20)12-19-18(21)14(2)23-13-15-7-5-9-17(11-15)22-3/h5,7,9,11,14,16H,4,6,8,10,12-13H2,1-3H3,(H,19,21)/t14-,16-/m0/s1. The van der Waals surface area contributed by atoms with Crippen molar-refractivity contribution in [1.82, 2.24) is 10.2 Å². The molecule has 0 unspecified atom stereocenters. The van der Waals surface area contributed by atoms with E-state index in [-0.39, 0.29) is 5.91 Å². The van der Waals surface area contributed by atoms with Gasteiger partial charge in [-0.1, -0.05) is 19.1 Å². The highest BCUT2D eigenvalue weighted by Gasteiger charge is 2.24. The molecule has 2 atom stereocenters. The number of rotatable bonds is 8. The second kappa shape index (κ2) is 8.89. The second-order valence-electron chi connectivity index (χ2n) is 5.97. The molecule has 0 aromatic heterocycles. The Balaban J connectivity index is 1.74. The molecule has 1 N–H and O–H groups in total. The SMILES string of the molecule is CCN1CCC[C@H]1CNC(=O)[C@H](C)OCc1cccc(OC)c1. The summed E-state index contributed by atoms with van der Waals surface area (Å²) in [7, 11) is 1.64. The number of likely N-dealkylation sites (tertiary alicyclic amines) is 1. The molecule has 0 saturated carbocycles. The van der Waals surface area contributed by atoms with Crippen molar-refractivity contribution < 1.29 is 14.3 Å². The van der Waals surface area contributed by atoms with Crippen LogP contribution in [0.4, 0.5) is 0 Å². The van der Waals surface area contributed by atoms with Crippen molar-refractivity contribution in [1.29, 1.82) is 0 Å². The van der Waals surface area contributed by atoms with E-state index in [4.69, 9.17) is 9.47 Å². The van der Waals surface area contributed by atoms with Gasteiger partial charge in [-0.3, -0.25) is 9.69 Å². The summed E-state index contributed by atoms with van der Waals surface area (Å²) in [5, 5.41) is 3.02. The molecule has 1 aliphatic rings. The van der Waals surface area contributed by atoms with Crippen LogP contribution < -0.4 is 10.1 Å². The van der Waals surface area contributed by atoms with Crippen LogP contribution in [0, 0.1) is 0 Å². The Kier molecular flexibility index (Phi) is 6.86. The first kappa shape index (κ1) is 17.8. The van der Waals surface area contributed by atoms with Gasteiger partial charge in [0.2, 0.25) is 5.91 Å². The number of nitrogens with zero attached hydrogens (tertiary/aromatic N) is 1. The Morgan fingerprint density at radius 2 is 2.30 bits per heavy atom. The van der Waals surface area contributed by atoms with E-state index < -0.39 is 6.10 Å². The van der Waals surface area contributed by atoms with Gasteiger partial charge in [0.25, 0.3) is 0 Å². The molecule has 1 heterocycles. The van der Waals surface area contributed by atoms with Crippen LogP contribution in [0.2, 0.25) is 0 Å². The van der Waals surface area contributed by atoms with Gasteiger partial charge in [-0.05, 0) is 50.6 Å². The van der Waals surface area contributed by atoms with Gasteiger partial charge in [0.15, 0.2) is 0 Å². The number of ether oxygens (including phenoxy) is 2. The highest BCUT2D eigenvalue weighted by Crippen LogP contribution is 2.16. The average molecular weight is 320 g/mol. The lowest BCUT2D eigenvalue weighted by Gasteiger charge is -2.23. The first-order chi connectivity index (χ1) is 11.1. The molecule has 0 aliphatic carbocycles. The molecule has 23 heavy (non-hydrogen) atoms. The molecule has 0 bridgehead atoms. The Bertz CT molecular complexity index is 507. The number of amides is 1. The maximum Gasteiger partial charge on any atom is 0.248 e. The third kappa shape index (κ3) is 5.22. The fourth-order valence-electron chi connectivity index (χ4n) is 2.96. The lowest BCUT2D eigenvalue weighted by atomic mass is 10.2. The van der Waals surface area contributed by atoms with Gasteiger partial charge in [-0.2, -0.15) is 0 Å². The van der Waals surface area contributed by atoms with Crippen LogP contribution in [-0.2, 0) is 16.1 Å². The summed E-state index contributed by atoms with van der Waals surface area (Å²) in [6.07, 6.45) is 1.92. The molecule has 5 nitrogen and oxygen atoms in total. The Morgan fingerprint density at radius 3 is 3.04 bits per heavy atom. The first-order valence-electron chi connectivity index (χ1n) is 8.40. The van der Waals surface area contributed by atoms with Crippen molar-refractivity contribution in [2.24, 2.45) is 0 Å². The largest absolute Gasteiger partial charge is 0.497 e. The normalized spacial score (nSPS) is 19.5. The van der Waals surface area contributed by atoms with Crippen molar-refractivity contribution >= 4 is 5.91 Å². The quantitative estimate of drug-likeness (QED) is 0.798. The third-order valence-electron chi connectivity index (χ3n) is 4.42. The Labute approximate surface area is 139 Å². The highest BCUT2D eigenvalue weighted by atomic mass is 16.5. The predicted molar refractivity (Wildman–Crippen MR) is 90.5 cm³/mol. The molecular formula is C18H28N2O3. The monoisotopic (exact) mass is 320 g/mol. The van der Waals surface area contributed by atoms with Crippen LogP contribution in [-0.4, -0.2) is 49.7 Å². The average Bonchev–Trinajstić information content (AvgIpc) is 3.05. The van der Waals surface area contributed by atoms with E-state index in [0.29, 0.717) is 19.2 Å². The van der Waals surface area contributed by atoms with Crippen molar-refractivity contribution in [3.8, 4) is 5.75 Å². The van der Waals surface area contributed by atoms with E-state index in [1.807, 2.05) is 24.3 Å². The summed E-state index contributed by atoms with van der Waals surface area (Å²) in [4.78, 5) is 14.6. The molecule has 128 valence electrons. The molecule has 0 spiro atoms. The van der Waals surface area contributed by atoms with E-state index in [2.05, 4.69) is 17.1 Å². The summed E-state index contributed by atoms with van der Waals surface area (Å²) >= 11 is 0. The predicted octanol–water partition coefficient (Wildman–Crippen LogP) is 2.20. The van der Waals surface area contributed by atoms with Crippen molar-refractivity contribution in [3.05, 3.63) is 29.8 Å². The smallest absolute Gasteiger partial charge is 0.248 e. The topological polar surface area (TPSA) is 50.8 Å². The summed E-state index contributed by atoms with van der Waals surface area (Å²) < 4.78 is 10.9. The number of carbonyl (C=O) groups is 1. The Hall–Kier alpha value is -1.59. The van der Waals surface area contributed by atoms with Crippen LogP contribution in [0.1, 0.15) is 32.3 Å². The number of likely N-dealkylation sites (N-methyl/N-ethyl adjacent to an activating group) is 1. The fraction of sp³-hybridized carbons (Fsp3) is 0.611. The molecule has 1 fully saturated rings. The van der Waals surface area contributed by atoms with Crippen molar-refractivity contribution in [2.75, 3.05) is 26.7 Å². The number of nitrogens with one attached hydrogen (secondary N) is 1. The third-order valence-corrected chi connectivity index (χ3v) is 4.42. The van der Waals surface area contributed by atoms with Crippen LogP contribution >= 0.6 is 0 Å². The van der Waals surface area contributed by atoms with Gasteiger partial charge in [0.05, 0.1) is 13.7 Å². The van der Waals surface area contributed by atoms with Crippen molar-refractivity contribution in [3.63, 3.8) is 0 Å². The van der Waals surface area contributed by atoms with E-state index >= 15 is 0 Å². The Morgan fingerprint density at radius 1 is 1.48 bits per heavy atom. The number of benzene rings is 1. The summed E-state index contributed by atoms with van der Waals surface area (Å²) in [6.45, 7) is 7.25. The summed E-state index contributed by atoms with van der Waals surface area (Å²) in [6, 6.07) is 8.16. The molecule has 1 aromatic carbocycles. The molecule has 0 radical (unpaired) electrons. The maximum absolute atomic E-state index is 12.2. The van der Waals surface area contributed by atoms with Gasteiger partial charge < -0.3 is 14.8 Å². The van der Waals surface area contributed by atoms with Crippen LogP contribution in [0.5, 0.6) is 5.75 Å². The fourth-order valence-corrected chi connectivity index (χ4v) is 2.96. The van der Waals surface area contributed by atoms with Gasteiger partial charge in [-0.15, -0.1) is 0 Å². The number of hydrogen-bond acceptors (Lipinski definition) is 4. The van der Waals surface area contributed by atoms with Crippen LogP contribution in [0.3, 0.4) is 0 Å². The zero-order valence-corrected chi connectivity index (χ0v) is 14.4. The van der Waals surface area contributed by atoms with Crippen LogP contribution in [0.25, 0.3) is 0 Å². The number of methoxy groups -OCH3 is 1. The second-order valence-corrected chi connectivity index (χ2v) is 5.97. The van der Waals surface area contributed by atoms with Gasteiger partial charge in [0.1, 0.15) is 11.9 Å². The minimum absolute atomic E-state index is 0.0455. The summed E-state index contributed by atoms with van der Waals surface area (Å²) in [5.74, 6) is 0.750. The lowest BCUT2D eigenvalue weighted by molar-refractivity contribution is -0.132. The van der Waals surface area contributed by atoms with E-state index in [1.54, 1.807) is 14.0 Å². The highest BCUT2D eigenvalue weighted by molar-refractivity contribution is 5.80. The first-order valence-corrected chi connectivity index (χ1v) is 8.40. The molecular weight excluding hydrogens is 292 g/mol. The van der Waals surface area contributed by atoms with Crippen LogP contribution in [0.15, 0.2) is 24.3 Å². The maximum atomic E-state index is 12.2. The van der Waals surface area contributed by atoms with Gasteiger partial charge in [0, 0.05) is 12.6 Å². The molecule has 1 aromatic rings. The zero-order chi connectivity index (χ0) is 16.7. The van der Waals surface area contributed by atoms with Crippen molar-refractivity contribution in [2.45, 2.75) is 45.4 Å². The molecule has 2 rings (SSSR count). The zero-order valence-electron chi connectivity index (χ0n) is 14.4. The number of hydrogen-bond donors (Lipinski definition) is 1. The molecule has 1 saturated heterocycles. The number of carbonyl (C=O) groups excluding carboxylic acids is 1. The molecule has 1 amide bonds. The van der Waals surface area contributed by atoms with E-state index in [0.717, 1.165) is 30.8 Å². The molecule has 1 aliphatic heterocycles. The van der Waals surface area contributed by atoms with E-state index in [9.17, 15) is 4.79 Å². The summed E-state index contributed by atoms with van der Waals surface area (Å²) in [5.41, 5.74) is 0.997. The molecule has 5 heteroatoms. The van der Waals surface area contributed by atoms with Gasteiger partial charge >= 0.3 is 0 Å². The minimum Gasteiger partial charge on any atom is -0.497 e. The van der Waals surface area contributed by atoms with E-state index in [1.165, 1.54) is 6.42 Å². The van der Waals surface area contributed by atoms with Gasteiger partial charge in [-0.25, -0.2) is 0 Å².